The summed E-state index contributed by atoms with van der Waals surface area (Å²) in [6.07, 6.45) is 3.24. The molecule has 0 fully saturated rings. The normalized spacial score (nSPS) is 11.8. The van der Waals surface area contributed by atoms with Gasteiger partial charge in [-0.1, -0.05) is 6.92 Å². The van der Waals surface area contributed by atoms with E-state index in [0.29, 0.717) is 29.1 Å². The molecule has 2 aromatic heterocycles. The number of nitrogens with zero attached hydrogens (tertiary/aromatic N) is 2. The van der Waals surface area contributed by atoms with Gasteiger partial charge in [0.15, 0.2) is 16.5 Å². The highest BCUT2D eigenvalue weighted by molar-refractivity contribution is 7.92. The summed E-state index contributed by atoms with van der Waals surface area (Å²) in [5.41, 5.74) is 1.67. The molecule has 3 aromatic rings. The summed E-state index contributed by atoms with van der Waals surface area (Å²) >= 11 is 0. The van der Waals surface area contributed by atoms with E-state index in [1.807, 2.05) is 6.92 Å². The standard InChI is InChI=1S/C12H12N4O3S/c1-2-11-15-9-5-8(3-4-10(9)19-11)16-20(17,18)12-6-13-7-14-12/h3-7,16H,2H2,1H3,(H,13,14). The van der Waals surface area contributed by atoms with Gasteiger partial charge >= 0.3 is 0 Å². The van der Waals surface area contributed by atoms with E-state index in [1.54, 1.807) is 18.2 Å². The van der Waals surface area contributed by atoms with Gasteiger partial charge in [-0.05, 0) is 18.2 Å². The third kappa shape index (κ3) is 2.25. The van der Waals surface area contributed by atoms with Gasteiger partial charge in [0, 0.05) is 6.42 Å². The molecule has 104 valence electrons. The number of imidazole rings is 1. The predicted octanol–water partition coefficient (Wildman–Crippen LogP) is 1.91. The quantitative estimate of drug-likeness (QED) is 0.765. The van der Waals surface area contributed by atoms with Crippen LogP contribution >= 0.6 is 0 Å². The van der Waals surface area contributed by atoms with Crippen LogP contribution in [0.2, 0.25) is 0 Å². The average molecular weight is 292 g/mol. The van der Waals surface area contributed by atoms with Gasteiger partial charge in [0.05, 0.1) is 18.2 Å². The van der Waals surface area contributed by atoms with Gasteiger partial charge in [0.1, 0.15) is 5.52 Å². The molecule has 0 aliphatic heterocycles. The van der Waals surface area contributed by atoms with Crippen LogP contribution in [0, 0.1) is 0 Å². The first-order valence-electron chi connectivity index (χ1n) is 5.99. The maximum absolute atomic E-state index is 12.0. The van der Waals surface area contributed by atoms with Gasteiger partial charge in [0.2, 0.25) is 0 Å². The Morgan fingerprint density at radius 1 is 1.40 bits per heavy atom. The number of fused-ring (bicyclic) bond motifs is 1. The number of nitrogens with one attached hydrogen (secondary N) is 2. The van der Waals surface area contributed by atoms with E-state index in [9.17, 15) is 8.42 Å². The molecule has 0 aliphatic carbocycles. The van der Waals surface area contributed by atoms with Crippen molar-refractivity contribution in [2.75, 3.05) is 4.72 Å². The zero-order valence-corrected chi connectivity index (χ0v) is 11.4. The zero-order valence-electron chi connectivity index (χ0n) is 10.6. The molecule has 0 amide bonds. The van der Waals surface area contributed by atoms with Gasteiger partial charge in [-0.25, -0.2) is 9.97 Å². The predicted molar refractivity (Wildman–Crippen MR) is 72.8 cm³/mol. The third-order valence-electron chi connectivity index (χ3n) is 2.75. The second-order valence-electron chi connectivity index (χ2n) is 4.17. The summed E-state index contributed by atoms with van der Waals surface area (Å²) < 4.78 is 32.0. The Balaban J connectivity index is 1.95. The van der Waals surface area contributed by atoms with Crippen molar-refractivity contribution >= 4 is 26.8 Å². The van der Waals surface area contributed by atoms with Crippen molar-refractivity contribution in [1.29, 1.82) is 0 Å². The maximum Gasteiger partial charge on any atom is 0.278 e. The van der Waals surface area contributed by atoms with E-state index >= 15 is 0 Å². The third-order valence-corrected chi connectivity index (χ3v) is 4.06. The number of hydrogen-bond acceptors (Lipinski definition) is 5. The van der Waals surface area contributed by atoms with E-state index in [4.69, 9.17) is 4.42 Å². The monoisotopic (exact) mass is 292 g/mol. The van der Waals surface area contributed by atoms with Gasteiger partial charge in [-0.15, -0.1) is 0 Å². The number of aromatic nitrogens is 3. The number of anilines is 1. The number of aryl methyl sites for hydroxylation is 1. The van der Waals surface area contributed by atoms with Crippen LogP contribution in [0.1, 0.15) is 12.8 Å². The largest absolute Gasteiger partial charge is 0.441 e. The molecule has 2 heterocycles. The van der Waals surface area contributed by atoms with Gasteiger partial charge in [-0.3, -0.25) is 4.72 Å². The fraction of sp³-hybridized carbons (Fsp3) is 0.167. The van der Waals surface area contributed by atoms with Crippen molar-refractivity contribution in [1.82, 2.24) is 15.0 Å². The Morgan fingerprint density at radius 3 is 2.95 bits per heavy atom. The molecule has 0 spiro atoms. The Bertz CT molecular complexity index is 837. The van der Waals surface area contributed by atoms with E-state index < -0.39 is 10.0 Å². The number of sulfonamides is 1. The summed E-state index contributed by atoms with van der Waals surface area (Å²) in [4.78, 5) is 10.5. The molecule has 7 nitrogen and oxygen atoms in total. The van der Waals surface area contributed by atoms with Crippen LogP contribution in [0.4, 0.5) is 5.69 Å². The van der Waals surface area contributed by atoms with Crippen molar-refractivity contribution in [3.05, 3.63) is 36.6 Å². The van der Waals surface area contributed by atoms with Crippen LogP contribution in [0.15, 0.2) is 40.2 Å². The van der Waals surface area contributed by atoms with Crippen molar-refractivity contribution in [3.8, 4) is 0 Å². The number of benzene rings is 1. The Labute approximate surface area is 115 Å². The molecule has 0 aliphatic rings. The summed E-state index contributed by atoms with van der Waals surface area (Å²) in [6.45, 7) is 1.94. The van der Waals surface area contributed by atoms with E-state index in [1.165, 1.54) is 12.5 Å². The molecule has 0 atom stereocenters. The molecule has 0 bridgehead atoms. The first-order valence-corrected chi connectivity index (χ1v) is 7.47. The van der Waals surface area contributed by atoms with Crippen molar-refractivity contribution in [2.45, 2.75) is 18.4 Å². The van der Waals surface area contributed by atoms with Crippen LogP contribution in [0.3, 0.4) is 0 Å². The van der Waals surface area contributed by atoms with Crippen LogP contribution < -0.4 is 4.72 Å². The number of oxazole rings is 1. The topological polar surface area (TPSA) is 101 Å². The van der Waals surface area contributed by atoms with Gasteiger partial charge in [-0.2, -0.15) is 8.42 Å². The lowest BCUT2D eigenvalue weighted by Gasteiger charge is -2.05. The zero-order chi connectivity index (χ0) is 14.2. The highest BCUT2D eigenvalue weighted by Crippen LogP contribution is 2.22. The SMILES string of the molecule is CCc1nc2cc(NS(=O)(=O)c3cnc[nH]3)ccc2o1. The van der Waals surface area contributed by atoms with Crippen LogP contribution in [-0.4, -0.2) is 23.4 Å². The van der Waals surface area contributed by atoms with Gasteiger partial charge in [0.25, 0.3) is 10.0 Å². The molecule has 0 radical (unpaired) electrons. The number of rotatable bonds is 4. The highest BCUT2D eigenvalue weighted by Gasteiger charge is 2.16. The fourth-order valence-corrected chi connectivity index (χ4v) is 2.74. The number of H-pyrrole nitrogens is 1. The lowest BCUT2D eigenvalue weighted by molar-refractivity contribution is 0.538. The summed E-state index contributed by atoms with van der Waals surface area (Å²) in [5, 5.41) is 0.00648. The molecule has 8 heteroatoms. The molecule has 0 saturated carbocycles. The molecule has 0 unspecified atom stereocenters. The second-order valence-corrected chi connectivity index (χ2v) is 5.82. The number of hydrogen-bond donors (Lipinski definition) is 2. The van der Waals surface area contributed by atoms with E-state index in [2.05, 4.69) is 19.7 Å². The highest BCUT2D eigenvalue weighted by atomic mass is 32.2. The lowest BCUT2D eigenvalue weighted by Crippen LogP contribution is -2.13. The minimum atomic E-state index is -3.66. The van der Waals surface area contributed by atoms with E-state index in [0.717, 1.165) is 0 Å². The average Bonchev–Trinajstić information content (AvgIpc) is 3.07. The lowest BCUT2D eigenvalue weighted by atomic mass is 10.3. The summed E-state index contributed by atoms with van der Waals surface area (Å²) in [6, 6.07) is 4.94. The molecule has 2 N–H and O–H groups in total. The molecule has 0 saturated heterocycles. The smallest absolute Gasteiger partial charge is 0.278 e. The molecular formula is C12H12N4O3S. The van der Waals surface area contributed by atoms with E-state index in [-0.39, 0.29) is 5.03 Å². The minimum absolute atomic E-state index is 0.00648. The fourth-order valence-electron chi connectivity index (χ4n) is 1.79. The van der Waals surface area contributed by atoms with Crippen LogP contribution in [-0.2, 0) is 16.4 Å². The molecular weight excluding hydrogens is 280 g/mol. The van der Waals surface area contributed by atoms with Crippen molar-refractivity contribution < 1.29 is 12.8 Å². The van der Waals surface area contributed by atoms with Crippen molar-refractivity contribution in [3.63, 3.8) is 0 Å². The van der Waals surface area contributed by atoms with Gasteiger partial charge < -0.3 is 9.40 Å². The summed E-state index contributed by atoms with van der Waals surface area (Å²) in [7, 11) is -3.66. The van der Waals surface area contributed by atoms with Crippen molar-refractivity contribution in [2.24, 2.45) is 0 Å². The first-order chi connectivity index (χ1) is 9.58. The van der Waals surface area contributed by atoms with Crippen LogP contribution in [0.5, 0.6) is 0 Å². The first kappa shape index (κ1) is 12.7. The Morgan fingerprint density at radius 2 is 2.25 bits per heavy atom. The maximum atomic E-state index is 12.0. The number of aromatic amines is 1. The molecule has 1 aromatic carbocycles. The molecule has 3 rings (SSSR count). The molecule has 20 heavy (non-hydrogen) atoms. The summed E-state index contributed by atoms with van der Waals surface area (Å²) in [5.74, 6) is 0.619. The van der Waals surface area contributed by atoms with Crippen LogP contribution in [0.25, 0.3) is 11.1 Å². The minimum Gasteiger partial charge on any atom is -0.441 e. The second kappa shape index (κ2) is 4.64. The Hall–Kier alpha value is -2.35. The Kier molecular flexibility index (Phi) is 2.94.